The number of ether oxygens (including phenoxy) is 1. The molecule has 1 aromatic rings. The Kier molecular flexibility index (Phi) is 5.13. The molecule has 0 aromatic heterocycles. The third-order valence-electron chi connectivity index (χ3n) is 3.36. The topological polar surface area (TPSA) is 36.5 Å². The van der Waals surface area contributed by atoms with Crippen molar-refractivity contribution >= 4 is 0 Å². The second kappa shape index (κ2) is 6.84. The minimum Gasteiger partial charge on any atom is -0.491 e. The van der Waals surface area contributed by atoms with Gasteiger partial charge in [0.15, 0.2) is 11.6 Å². The molecule has 0 spiro atoms. The van der Waals surface area contributed by atoms with Gasteiger partial charge in [-0.2, -0.15) is 0 Å². The van der Waals surface area contributed by atoms with E-state index in [4.69, 9.17) is 4.74 Å². The van der Waals surface area contributed by atoms with E-state index in [9.17, 15) is 4.39 Å². The Bertz CT molecular complexity index is 408. The summed E-state index contributed by atoms with van der Waals surface area (Å²) in [4.78, 5) is 2.31. The van der Waals surface area contributed by atoms with Gasteiger partial charge in [0.2, 0.25) is 0 Å². The fourth-order valence-corrected chi connectivity index (χ4v) is 2.46. The van der Waals surface area contributed by atoms with Crippen molar-refractivity contribution in [1.82, 2.24) is 15.5 Å². The molecule has 1 fully saturated rings. The molecule has 1 aliphatic rings. The maximum Gasteiger partial charge on any atom is 0.165 e. The van der Waals surface area contributed by atoms with E-state index in [1.807, 2.05) is 20.0 Å². The number of halogens is 1. The quantitative estimate of drug-likeness (QED) is 0.844. The summed E-state index contributed by atoms with van der Waals surface area (Å²) in [5.74, 6) is 0.0242. The van der Waals surface area contributed by atoms with Crippen molar-refractivity contribution in [2.75, 3.05) is 39.8 Å². The molecule has 0 amide bonds. The van der Waals surface area contributed by atoms with Gasteiger partial charge in [-0.25, -0.2) is 4.39 Å². The molecule has 1 heterocycles. The fraction of sp³-hybridized carbons (Fsp3) is 0.571. The van der Waals surface area contributed by atoms with E-state index in [-0.39, 0.29) is 12.0 Å². The summed E-state index contributed by atoms with van der Waals surface area (Å²) in [5, 5.41) is 6.58. The van der Waals surface area contributed by atoms with Gasteiger partial charge in [0.05, 0.1) is 12.8 Å². The molecule has 2 N–H and O–H groups in total. The second-order valence-corrected chi connectivity index (χ2v) is 4.60. The van der Waals surface area contributed by atoms with Crippen LogP contribution in [0.4, 0.5) is 4.39 Å². The highest BCUT2D eigenvalue weighted by molar-refractivity contribution is 5.31. The lowest BCUT2D eigenvalue weighted by Crippen LogP contribution is -2.48. The average molecular weight is 267 g/mol. The molecule has 0 radical (unpaired) electrons. The Morgan fingerprint density at radius 2 is 2.16 bits per heavy atom. The molecule has 4 nitrogen and oxygen atoms in total. The Hall–Kier alpha value is -1.17. The van der Waals surface area contributed by atoms with Crippen molar-refractivity contribution in [3.05, 3.63) is 29.6 Å². The van der Waals surface area contributed by atoms with E-state index in [0.29, 0.717) is 12.4 Å². The third kappa shape index (κ3) is 3.43. The first-order valence-corrected chi connectivity index (χ1v) is 6.80. The van der Waals surface area contributed by atoms with Crippen molar-refractivity contribution in [2.24, 2.45) is 0 Å². The van der Waals surface area contributed by atoms with Gasteiger partial charge in [0.1, 0.15) is 0 Å². The van der Waals surface area contributed by atoms with Crippen LogP contribution in [0, 0.1) is 5.82 Å². The number of nitrogens with one attached hydrogen (secondary N) is 2. The van der Waals surface area contributed by atoms with Crippen LogP contribution in [0.25, 0.3) is 0 Å². The van der Waals surface area contributed by atoms with Gasteiger partial charge >= 0.3 is 0 Å². The molecule has 2 rings (SSSR count). The molecule has 1 saturated heterocycles. The predicted octanol–water partition coefficient (Wildman–Crippen LogP) is 1.35. The van der Waals surface area contributed by atoms with Crippen LogP contribution in [0.1, 0.15) is 18.7 Å². The van der Waals surface area contributed by atoms with Crippen molar-refractivity contribution in [3.8, 4) is 5.75 Å². The predicted molar refractivity (Wildman–Crippen MR) is 73.8 cm³/mol. The molecule has 1 aliphatic heterocycles. The van der Waals surface area contributed by atoms with Gasteiger partial charge < -0.3 is 15.4 Å². The van der Waals surface area contributed by atoms with Crippen LogP contribution in [-0.2, 0) is 0 Å². The minimum absolute atomic E-state index is 0.0484. The highest BCUT2D eigenvalue weighted by Crippen LogP contribution is 2.24. The molecule has 19 heavy (non-hydrogen) atoms. The molecule has 1 unspecified atom stereocenters. The monoisotopic (exact) mass is 267 g/mol. The van der Waals surface area contributed by atoms with Crippen LogP contribution in [0.3, 0.4) is 0 Å². The first kappa shape index (κ1) is 14.2. The van der Waals surface area contributed by atoms with Crippen LogP contribution in [0.2, 0.25) is 0 Å². The Morgan fingerprint density at radius 3 is 2.74 bits per heavy atom. The minimum atomic E-state index is -0.297. The fourth-order valence-electron chi connectivity index (χ4n) is 2.46. The second-order valence-electron chi connectivity index (χ2n) is 4.60. The van der Waals surface area contributed by atoms with E-state index < -0.39 is 0 Å². The van der Waals surface area contributed by atoms with Crippen LogP contribution in [0.5, 0.6) is 5.75 Å². The SMILES string of the molecule is CCOc1ccc(C(NC)N2CCNCC2)cc1F. The summed E-state index contributed by atoms with van der Waals surface area (Å²) in [6.45, 7) is 6.18. The van der Waals surface area contributed by atoms with E-state index in [1.165, 1.54) is 0 Å². The highest BCUT2D eigenvalue weighted by Gasteiger charge is 2.21. The van der Waals surface area contributed by atoms with Crippen LogP contribution < -0.4 is 15.4 Å². The van der Waals surface area contributed by atoms with Crippen molar-refractivity contribution in [1.29, 1.82) is 0 Å². The maximum absolute atomic E-state index is 13.9. The molecule has 0 saturated carbocycles. The van der Waals surface area contributed by atoms with E-state index >= 15 is 0 Å². The highest BCUT2D eigenvalue weighted by atomic mass is 19.1. The van der Waals surface area contributed by atoms with Gasteiger partial charge in [-0.05, 0) is 31.7 Å². The molecule has 0 bridgehead atoms. The van der Waals surface area contributed by atoms with Crippen LogP contribution in [-0.4, -0.2) is 44.7 Å². The third-order valence-corrected chi connectivity index (χ3v) is 3.36. The van der Waals surface area contributed by atoms with Crippen molar-refractivity contribution in [2.45, 2.75) is 13.1 Å². The summed E-state index contributed by atoms with van der Waals surface area (Å²) in [5.41, 5.74) is 0.936. The lowest BCUT2D eigenvalue weighted by atomic mass is 10.1. The van der Waals surface area contributed by atoms with Crippen molar-refractivity contribution < 1.29 is 9.13 Å². The number of hydrogen-bond donors (Lipinski definition) is 2. The zero-order chi connectivity index (χ0) is 13.7. The summed E-state index contributed by atoms with van der Waals surface area (Å²) >= 11 is 0. The van der Waals surface area contributed by atoms with Gasteiger partial charge in [0.25, 0.3) is 0 Å². The molecular weight excluding hydrogens is 245 g/mol. The zero-order valence-corrected chi connectivity index (χ0v) is 11.6. The number of benzene rings is 1. The summed E-state index contributed by atoms with van der Waals surface area (Å²) in [6.07, 6.45) is 0.0484. The summed E-state index contributed by atoms with van der Waals surface area (Å²) < 4.78 is 19.1. The molecular formula is C14H22FN3O. The number of piperazine rings is 1. The van der Waals surface area contributed by atoms with Gasteiger partial charge in [-0.3, -0.25) is 4.90 Å². The van der Waals surface area contributed by atoms with Crippen LogP contribution >= 0.6 is 0 Å². The maximum atomic E-state index is 13.9. The Balaban J connectivity index is 2.15. The molecule has 5 heteroatoms. The largest absolute Gasteiger partial charge is 0.491 e. The van der Waals surface area contributed by atoms with Gasteiger partial charge in [0, 0.05) is 26.2 Å². The van der Waals surface area contributed by atoms with Gasteiger partial charge in [-0.15, -0.1) is 0 Å². The van der Waals surface area contributed by atoms with Gasteiger partial charge in [-0.1, -0.05) is 6.07 Å². The first-order valence-electron chi connectivity index (χ1n) is 6.80. The number of nitrogens with zero attached hydrogens (tertiary/aromatic N) is 1. The molecule has 1 aromatic carbocycles. The summed E-state index contributed by atoms with van der Waals surface area (Å²) in [7, 11) is 1.90. The normalized spacial score (nSPS) is 18.3. The first-order chi connectivity index (χ1) is 9.26. The lowest BCUT2D eigenvalue weighted by molar-refractivity contribution is 0.152. The Labute approximate surface area is 113 Å². The number of hydrogen-bond acceptors (Lipinski definition) is 4. The van der Waals surface area contributed by atoms with Crippen molar-refractivity contribution in [3.63, 3.8) is 0 Å². The zero-order valence-electron chi connectivity index (χ0n) is 11.6. The van der Waals surface area contributed by atoms with Crippen LogP contribution in [0.15, 0.2) is 18.2 Å². The summed E-state index contributed by atoms with van der Waals surface area (Å²) in [6, 6.07) is 5.20. The van der Waals surface area contributed by atoms with E-state index in [2.05, 4.69) is 15.5 Å². The lowest BCUT2D eigenvalue weighted by Gasteiger charge is -2.35. The standard InChI is InChI=1S/C14H22FN3O/c1-3-19-13-5-4-11(10-12(13)15)14(16-2)18-8-6-17-7-9-18/h4-5,10,14,16-17H,3,6-9H2,1-2H3. The average Bonchev–Trinajstić information content (AvgIpc) is 2.44. The molecule has 0 aliphatic carbocycles. The van der Waals surface area contributed by atoms with E-state index in [0.717, 1.165) is 31.7 Å². The molecule has 1 atom stereocenters. The smallest absolute Gasteiger partial charge is 0.165 e. The Morgan fingerprint density at radius 1 is 1.42 bits per heavy atom. The van der Waals surface area contributed by atoms with E-state index in [1.54, 1.807) is 12.1 Å². The molecule has 106 valence electrons. The number of rotatable bonds is 5.